The minimum Gasteiger partial charge on any atom is -0.299 e. The highest BCUT2D eigenvalue weighted by Crippen LogP contribution is 2.32. The number of Topliss-reactive ketones (excluding diaryl/α,β-unsaturated/α-hetero) is 2. The number of carbonyl (C=O) groups excluding carboxylic acids is 2. The van der Waals surface area contributed by atoms with Gasteiger partial charge in [0.25, 0.3) is 0 Å². The van der Waals surface area contributed by atoms with Crippen LogP contribution in [0.5, 0.6) is 0 Å². The van der Waals surface area contributed by atoms with Crippen molar-refractivity contribution < 1.29 is 9.59 Å². The molecule has 0 bridgehead atoms. The zero-order valence-corrected chi connectivity index (χ0v) is 8.27. The Morgan fingerprint density at radius 1 is 1.45 bits per heavy atom. The molecule has 1 fully saturated rings. The Morgan fingerprint density at radius 2 is 2.00 bits per heavy atom. The van der Waals surface area contributed by atoms with E-state index in [1.165, 1.54) is 0 Å². The first-order valence-electron chi connectivity index (χ1n) is 3.68. The van der Waals surface area contributed by atoms with Crippen LogP contribution in [0.4, 0.5) is 0 Å². The molecule has 1 saturated carbocycles. The number of ketones is 2. The molecule has 0 radical (unpaired) electrons. The molecule has 3 heteroatoms. The van der Waals surface area contributed by atoms with Gasteiger partial charge in [-0.2, -0.15) is 0 Å². The Labute approximate surface area is 74.5 Å². The summed E-state index contributed by atoms with van der Waals surface area (Å²) in [6.45, 7) is 3.40. The van der Waals surface area contributed by atoms with Crippen LogP contribution in [0.2, 0.25) is 0 Å². The molecule has 1 atom stereocenters. The summed E-state index contributed by atoms with van der Waals surface area (Å²) in [6.07, 6.45) is 1.18. The molecule has 1 rings (SSSR count). The molecule has 0 saturated heterocycles. The highest BCUT2D eigenvalue weighted by Gasteiger charge is 2.42. The Hall–Kier alpha value is -0.180. The van der Waals surface area contributed by atoms with E-state index in [9.17, 15) is 9.59 Å². The average Bonchev–Trinajstić information content (AvgIpc) is 1.95. The molecule has 0 heterocycles. The summed E-state index contributed by atoms with van der Waals surface area (Å²) >= 11 is 3.25. The minimum absolute atomic E-state index is 0.0220. The molecule has 0 amide bonds. The number of hydrogen-bond donors (Lipinski definition) is 0. The highest BCUT2D eigenvalue weighted by atomic mass is 79.9. The third-order valence-corrected chi connectivity index (χ3v) is 3.10. The first-order valence-corrected chi connectivity index (χ1v) is 4.59. The molecule has 0 N–H and O–H groups in total. The van der Waals surface area contributed by atoms with Gasteiger partial charge in [0, 0.05) is 6.42 Å². The van der Waals surface area contributed by atoms with E-state index in [0.29, 0.717) is 12.8 Å². The summed E-state index contributed by atoms with van der Waals surface area (Å²) in [5, 5.41) is 0. The fourth-order valence-corrected chi connectivity index (χ4v) is 2.03. The highest BCUT2D eigenvalue weighted by molar-refractivity contribution is 9.10. The summed E-state index contributed by atoms with van der Waals surface area (Å²) < 4.78 is 0. The van der Waals surface area contributed by atoms with Gasteiger partial charge < -0.3 is 0 Å². The fourth-order valence-electron chi connectivity index (χ4n) is 1.23. The van der Waals surface area contributed by atoms with E-state index in [-0.39, 0.29) is 16.4 Å². The summed E-state index contributed by atoms with van der Waals surface area (Å²) in [6, 6.07) is 0. The monoisotopic (exact) mass is 218 g/mol. The molecule has 1 aliphatic carbocycles. The van der Waals surface area contributed by atoms with Crippen molar-refractivity contribution in [2.24, 2.45) is 5.41 Å². The van der Waals surface area contributed by atoms with Gasteiger partial charge in [0.05, 0.1) is 10.2 Å². The summed E-state index contributed by atoms with van der Waals surface area (Å²) in [7, 11) is 0. The van der Waals surface area contributed by atoms with Crippen LogP contribution in [0.3, 0.4) is 0 Å². The van der Waals surface area contributed by atoms with Crippen molar-refractivity contribution in [2.75, 3.05) is 0 Å². The van der Waals surface area contributed by atoms with Crippen LogP contribution in [0, 0.1) is 5.41 Å². The number of alkyl halides is 1. The Bertz CT molecular complexity index is 208. The van der Waals surface area contributed by atoms with Crippen LogP contribution in [0.1, 0.15) is 26.7 Å². The lowest BCUT2D eigenvalue weighted by Crippen LogP contribution is -2.42. The summed E-state index contributed by atoms with van der Waals surface area (Å²) in [5.74, 6) is 0.0898. The molecule has 0 aromatic heterocycles. The number of halogens is 1. The number of hydrogen-bond acceptors (Lipinski definition) is 2. The second-order valence-electron chi connectivity index (χ2n) is 3.42. The van der Waals surface area contributed by atoms with Gasteiger partial charge in [0.2, 0.25) is 0 Å². The maximum absolute atomic E-state index is 11.4. The summed E-state index contributed by atoms with van der Waals surface area (Å²) in [4.78, 5) is 22.5. The van der Waals surface area contributed by atoms with Gasteiger partial charge in [-0.25, -0.2) is 0 Å². The second kappa shape index (κ2) is 2.70. The maximum atomic E-state index is 11.4. The molecule has 0 aliphatic heterocycles. The van der Waals surface area contributed by atoms with Gasteiger partial charge in [0.15, 0.2) is 5.78 Å². The molecule has 0 aromatic carbocycles. The lowest BCUT2D eigenvalue weighted by molar-refractivity contribution is -0.140. The predicted molar refractivity (Wildman–Crippen MR) is 45.7 cm³/mol. The second-order valence-corrected chi connectivity index (χ2v) is 4.52. The zero-order valence-electron chi connectivity index (χ0n) is 6.69. The first kappa shape index (κ1) is 8.91. The molecular weight excluding hydrogens is 208 g/mol. The average molecular weight is 219 g/mol. The lowest BCUT2D eigenvalue weighted by Gasteiger charge is -2.29. The van der Waals surface area contributed by atoms with Crippen LogP contribution in [-0.4, -0.2) is 16.4 Å². The van der Waals surface area contributed by atoms with Crippen molar-refractivity contribution >= 4 is 27.5 Å². The van der Waals surface area contributed by atoms with Crippen LogP contribution in [0.15, 0.2) is 0 Å². The van der Waals surface area contributed by atoms with Crippen molar-refractivity contribution in [3.8, 4) is 0 Å². The smallest absolute Gasteiger partial charge is 0.159 e. The van der Waals surface area contributed by atoms with E-state index < -0.39 is 5.41 Å². The van der Waals surface area contributed by atoms with E-state index in [1.54, 1.807) is 13.8 Å². The minimum atomic E-state index is -0.758. The number of rotatable bonds is 0. The van der Waals surface area contributed by atoms with Gasteiger partial charge >= 0.3 is 0 Å². The van der Waals surface area contributed by atoms with Gasteiger partial charge in [-0.1, -0.05) is 15.9 Å². The van der Waals surface area contributed by atoms with Crippen LogP contribution < -0.4 is 0 Å². The van der Waals surface area contributed by atoms with Crippen LogP contribution >= 0.6 is 15.9 Å². The van der Waals surface area contributed by atoms with Crippen LogP contribution in [0.25, 0.3) is 0 Å². The third kappa shape index (κ3) is 1.39. The predicted octanol–water partition coefficient (Wildman–Crippen LogP) is 1.71. The Balaban J connectivity index is 2.90. The van der Waals surface area contributed by atoms with Gasteiger partial charge in [-0.05, 0) is 20.3 Å². The van der Waals surface area contributed by atoms with Crippen molar-refractivity contribution in [3.63, 3.8) is 0 Å². The first-order chi connectivity index (χ1) is 4.96. The third-order valence-electron chi connectivity index (χ3n) is 2.22. The molecule has 2 nitrogen and oxygen atoms in total. The van der Waals surface area contributed by atoms with E-state index in [4.69, 9.17) is 0 Å². The molecule has 0 aromatic rings. The molecule has 1 aliphatic rings. The van der Waals surface area contributed by atoms with E-state index in [0.717, 1.165) is 0 Å². The standard InChI is InChI=1S/C8H11BrO2/c1-8(2)6(10)4-3-5(9)7(8)11/h5H,3-4H2,1-2H3/t5-/m0/s1. The quantitative estimate of drug-likeness (QED) is 0.459. The van der Waals surface area contributed by atoms with Gasteiger partial charge in [-0.15, -0.1) is 0 Å². The van der Waals surface area contributed by atoms with Crippen molar-refractivity contribution in [1.82, 2.24) is 0 Å². The van der Waals surface area contributed by atoms with E-state index in [1.807, 2.05) is 0 Å². The molecule has 0 spiro atoms. The molecule has 11 heavy (non-hydrogen) atoms. The largest absolute Gasteiger partial charge is 0.299 e. The molecular formula is C8H11BrO2. The maximum Gasteiger partial charge on any atom is 0.159 e. The Morgan fingerprint density at radius 3 is 2.45 bits per heavy atom. The van der Waals surface area contributed by atoms with Crippen molar-refractivity contribution in [1.29, 1.82) is 0 Å². The van der Waals surface area contributed by atoms with E-state index >= 15 is 0 Å². The topological polar surface area (TPSA) is 34.1 Å². The SMILES string of the molecule is CC1(C)C(=O)CC[C@H](Br)C1=O. The van der Waals surface area contributed by atoms with Crippen LogP contribution in [-0.2, 0) is 9.59 Å². The van der Waals surface area contributed by atoms with Crippen molar-refractivity contribution in [3.05, 3.63) is 0 Å². The van der Waals surface area contributed by atoms with Gasteiger partial charge in [0.1, 0.15) is 5.78 Å². The lowest BCUT2D eigenvalue weighted by atomic mass is 9.75. The summed E-state index contributed by atoms with van der Waals surface area (Å²) in [5.41, 5.74) is -0.758. The normalized spacial score (nSPS) is 30.6. The number of carbonyl (C=O) groups is 2. The van der Waals surface area contributed by atoms with E-state index in [2.05, 4.69) is 15.9 Å². The Kier molecular flexibility index (Phi) is 2.19. The fraction of sp³-hybridized carbons (Fsp3) is 0.750. The zero-order chi connectivity index (χ0) is 8.65. The van der Waals surface area contributed by atoms with Crippen molar-refractivity contribution in [2.45, 2.75) is 31.5 Å². The molecule has 0 unspecified atom stereocenters. The molecule has 62 valence electrons. The van der Waals surface area contributed by atoms with Gasteiger partial charge in [-0.3, -0.25) is 9.59 Å².